The Morgan fingerprint density at radius 2 is 2.00 bits per heavy atom. The topological polar surface area (TPSA) is 62.7 Å². The molecule has 1 saturated heterocycles. The van der Waals surface area contributed by atoms with Crippen molar-refractivity contribution in [1.82, 2.24) is 9.88 Å². The van der Waals surface area contributed by atoms with Crippen molar-refractivity contribution in [2.24, 2.45) is 5.92 Å². The van der Waals surface area contributed by atoms with Gasteiger partial charge >= 0.3 is 0 Å². The third kappa shape index (κ3) is 3.77. The van der Waals surface area contributed by atoms with Crippen molar-refractivity contribution in [1.29, 1.82) is 0 Å². The van der Waals surface area contributed by atoms with Crippen molar-refractivity contribution in [3.05, 3.63) is 53.5 Å². The molecule has 156 valence electrons. The highest BCUT2D eigenvalue weighted by Gasteiger charge is 2.38. The van der Waals surface area contributed by atoms with Gasteiger partial charge in [0.15, 0.2) is 0 Å². The summed E-state index contributed by atoms with van der Waals surface area (Å²) in [7, 11) is 1.79. The highest BCUT2D eigenvalue weighted by molar-refractivity contribution is 7.18. The first-order chi connectivity index (χ1) is 14.5. The Morgan fingerprint density at radius 1 is 1.27 bits per heavy atom. The van der Waals surface area contributed by atoms with Gasteiger partial charge in [-0.25, -0.2) is 4.98 Å². The fourth-order valence-corrected chi connectivity index (χ4v) is 4.84. The van der Waals surface area contributed by atoms with Gasteiger partial charge in [0.25, 0.3) is 0 Å². The summed E-state index contributed by atoms with van der Waals surface area (Å²) < 4.78 is 6.78. The number of thiazole rings is 1. The van der Waals surface area contributed by atoms with Crippen LogP contribution in [0, 0.1) is 5.92 Å². The van der Waals surface area contributed by atoms with Crippen LogP contribution in [0.15, 0.2) is 48.5 Å². The van der Waals surface area contributed by atoms with E-state index in [-0.39, 0.29) is 30.2 Å². The zero-order chi connectivity index (χ0) is 21.3. The van der Waals surface area contributed by atoms with Gasteiger partial charge in [0.2, 0.25) is 11.8 Å². The van der Waals surface area contributed by atoms with Crippen LogP contribution in [0.25, 0.3) is 10.2 Å². The first kappa shape index (κ1) is 20.3. The normalized spacial score (nSPS) is 17.4. The fourth-order valence-electron chi connectivity index (χ4n) is 3.78. The van der Waals surface area contributed by atoms with Gasteiger partial charge in [-0.3, -0.25) is 9.59 Å². The van der Waals surface area contributed by atoms with Gasteiger partial charge in [0.05, 0.1) is 34.5 Å². The lowest BCUT2D eigenvalue weighted by molar-refractivity contribution is -0.136. The summed E-state index contributed by atoms with van der Waals surface area (Å²) in [4.78, 5) is 34.0. The average Bonchev–Trinajstić information content (AvgIpc) is 3.36. The third-order valence-corrected chi connectivity index (χ3v) is 6.73. The van der Waals surface area contributed by atoms with Gasteiger partial charge in [-0.05, 0) is 38.1 Å². The van der Waals surface area contributed by atoms with Gasteiger partial charge in [0.1, 0.15) is 10.8 Å². The van der Waals surface area contributed by atoms with Crippen LogP contribution in [0.2, 0.25) is 0 Å². The second-order valence-corrected chi connectivity index (χ2v) is 8.51. The number of hydrogen-bond acceptors (Lipinski definition) is 5. The number of fused-ring (bicyclic) bond motifs is 1. The van der Waals surface area contributed by atoms with E-state index >= 15 is 0 Å². The number of hydrogen-bond donors (Lipinski definition) is 0. The van der Waals surface area contributed by atoms with E-state index in [2.05, 4.69) is 4.98 Å². The molecule has 0 unspecified atom stereocenters. The Morgan fingerprint density at radius 3 is 2.77 bits per heavy atom. The molecule has 1 aromatic heterocycles. The van der Waals surface area contributed by atoms with Gasteiger partial charge in [0, 0.05) is 20.0 Å². The lowest BCUT2D eigenvalue weighted by Crippen LogP contribution is -2.36. The van der Waals surface area contributed by atoms with Crippen LogP contribution in [0.5, 0.6) is 5.75 Å². The Bertz CT molecular complexity index is 1050. The molecule has 6 nitrogen and oxygen atoms in total. The van der Waals surface area contributed by atoms with Crippen LogP contribution in [-0.2, 0) is 9.59 Å². The summed E-state index contributed by atoms with van der Waals surface area (Å²) in [5, 5.41) is 0.898. The van der Waals surface area contributed by atoms with Crippen LogP contribution in [0.3, 0.4) is 0 Å². The Kier molecular flexibility index (Phi) is 5.72. The zero-order valence-corrected chi connectivity index (χ0v) is 18.2. The van der Waals surface area contributed by atoms with Gasteiger partial charge in [-0.1, -0.05) is 24.3 Å². The fraction of sp³-hybridized carbons (Fsp3) is 0.348. The number of benzene rings is 2. The smallest absolute Gasteiger partial charge is 0.228 e. The summed E-state index contributed by atoms with van der Waals surface area (Å²) in [5.41, 5.74) is 1.67. The molecule has 2 atom stereocenters. The summed E-state index contributed by atoms with van der Waals surface area (Å²) in [6.07, 6.45) is 0.205. The highest BCUT2D eigenvalue weighted by atomic mass is 32.1. The minimum absolute atomic E-state index is 0.0357. The lowest BCUT2D eigenvalue weighted by atomic mass is 10.1. The molecule has 0 saturated carbocycles. The van der Waals surface area contributed by atoms with Crippen LogP contribution < -0.4 is 9.64 Å². The van der Waals surface area contributed by atoms with Crippen LogP contribution in [0.1, 0.15) is 31.3 Å². The molecule has 3 aromatic rings. The molecule has 0 spiro atoms. The van der Waals surface area contributed by atoms with E-state index in [1.54, 1.807) is 28.2 Å². The Hall–Kier alpha value is -2.93. The number of carbonyl (C=O) groups excluding carboxylic acids is 2. The van der Waals surface area contributed by atoms with E-state index < -0.39 is 0 Å². The first-order valence-electron chi connectivity index (χ1n) is 10.1. The van der Waals surface area contributed by atoms with Crippen LogP contribution in [0.4, 0.5) is 5.69 Å². The summed E-state index contributed by atoms with van der Waals surface area (Å²) in [5.74, 6) is 0.194. The maximum absolute atomic E-state index is 13.2. The van der Waals surface area contributed by atoms with Gasteiger partial charge in [-0.15, -0.1) is 11.3 Å². The summed E-state index contributed by atoms with van der Waals surface area (Å²) in [6, 6.07) is 15.3. The van der Waals surface area contributed by atoms with Crippen molar-refractivity contribution in [3.8, 4) is 5.75 Å². The molecule has 2 amide bonds. The number of aromatic nitrogens is 1. The summed E-state index contributed by atoms with van der Waals surface area (Å²) in [6.45, 7) is 4.77. The SMILES string of the molecule is CCOc1ccccc1N1C[C@@H](C(=O)N(C)[C@@H](C)c2nc3ccccc3s2)CC1=O. The molecule has 1 aliphatic rings. The highest BCUT2D eigenvalue weighted by Crippen LogP contribution is 2.35. The average molecular weight is 424 g/mol. The van der Waals surface area contributed by atoms with Crippen molar-refractivity contribution < 1.29 is 14.3 Å². The van der Waals surface area contributed by atoms with E-state index in [1.807, 2.05) is 62.4 Å². The Balaban J connectivity index is 1.50. The second-order valence-electron chi connectivity index (χ2n) is 7.45. The number of rotatable bonds is 6. The van der Waals surface area contributed by atoms with Crippen molar-refractivity contribution in [2.75, 3.05) is 25.1 Å². The van der Waals surface area contributed by atoms with Crippen molar-refractivity contribution >= 4 is 39.1 Å². The molecule has 0 radical (unpaired) electrons. The van der Waals surface area contributed by atoms with E-state index in [9.17, 15) is 9.59 Å². The predicted octanol–water partition coefficient (Wildman–Crippen LogP) is 4.27. The lowest BCUT2D eigenvalue weighted by Gasteiger charge is -2.26. The molecule has 1 fully saturated rings. The number of nitrogens with zero attached hydrogens (tertiary/aromatic N) is 3. The maximum atomic E-state index is 13.2. The minimum atomic E-state index is -0.381. The van der Waals surface area contributed by atoms with E-state index in [0.717, 1.165) is 20.9 Å². The molecule has 7 heteroatoms. The zero-order valence-electron chi connectivity index (χ0n) is 17.4. The minimum Gasteiger partial charge on any atom is -0.492 e. The molecule has 2 heterocycles. The first-order valence-corrected chi connectivity index (χ1v) is 11.0. The molecule has 0 aliphatic carbocycles. The van der Waals surface area contributed by atoms with Gasteiger partial charge in [-0.2, -0.15) is 0 Å². The largest absolute Gasteiger partial charge is 0.492 e. The molecule has 30 heavy (non-hydrogen) atoms. The van der Waals surface area contributed by atoms with Crippen LogP contribution in [-0.4, -0.2) is 41.9 Å². The molecule has 0 N–H and O–H groups in total. The number of carbonyl (C=O) groups is 2. The van der Waals surface area contributed by atoms with Crippen molar-refractivity contribution in [3.63, 3.8) is 0 Å². The maximum Gasteiger partial charge on any atom is 0.228 e. The number of amides is 2. The number of anilines is 1. The quantitative estimate of drug-likeness (QED) is 0.594. The summed E-state index contributed by atoms with van der Waals surface area (Å²) >= 11 is 1.60. The molecular formula is C23H25N3O3S. The third-order valence-electron chi connectivity index (χ3n) is 5.53. The van der Waals surface area contributed by atoms with Crippen molar-refractivity contribution in [2.45, 2.75) is 26.3 Å². The molecule has 2 aromatic carbocycles. The van der Waals surface area contributed by atoms with E-state index in [4.69, 9.17) is 4.74 Å². The molecular weight excluding hydrogens is 398 g/mol. The predicted molar refractivity (Wildman–Crippen MR) is 119 cm³/mol. The Labute approximate surface area is 180 Å². The molecule has 4 rings (SSSR count). The van der Waals surface area contributed by atoms with Gasteiger partial charge < -0.3 is 14.5 Å². The molecule has 0 bridgehead atoms. The van der Waals surface area contributed by atoms with Crippen LogP contribution >= 0.6 is 11.3 Å². The monoisotopic (exact) mass is 423 g/mol. The standard InChI is InChI=1S/C23H25N3O3S/c1-4-29-19-11-7-6-10-18(19)26-14-16(13-21(26)27)23(28)25(3)15(2)22-24-17-9-5-8-12-20(17)30-22/h5-12,15-16H,4,13-14H2,1-3H3/t15-,16-/m0/s1. The molecule has 1 aliphatic heterocycles. The number of ether oxygens (including phenoxy) is 1. The second kappa shape index (κ2) is 8.44. The number of para-hydroxylation sites is 3. The van der Waals surface area contributed by atoms with E-state index in [1.165, 1.54) is 0 Å². The van der Waals surface area contributed by atoms with E-state index in [0.29, 0.717) is 18.9 Å².